The zero-order chi connectivity index (χ0) is 39.3. The van der Waals surface area contributed by atoms with Crippen LogP contribution in [0.4, 0.5) is 0 Å². The molecule has 0 bridgehead atoms. The van der Waals surface area contributed by atoms with Gasteiger partial charge < -0.3 is 32.8 Å². The van der Waals surface area contributed by atoms with Crippen molar-refractivity contribution in [3.8, 4) is 11.5 Å². The summed E-state index contributed by atoms with van der Waals surface area (Å²) in [6.45, 7) is 19.7. The monoisotopic (exact) mass is 750 g/mol. The van der Waals surface area contributed by atoms with Crippen LogP contribution < -0.4 is 9.47 Å². The summed E-state index contributed by atoms with van der Waals surface area (Å²) in [5, 5.41) is 0.0721. The summed E-state index contributed by atoms with van der Waals surface area (Å²) in [6, 6.07) is 15.3. The molecule has 4 atom stereocenters. The van der Waals surface area contributed by atoms with E-state index in [1.54, 1.807) is 32.4 Å². The lowest BCUT2D eigenvalue weighted by atomic mass is 10.1. The minimum Gasteiger partial charge on any atom is -0.497 e. The highest BCUT2D eigenvalue weighted by atomic mass is 28.4. The molecule has 0 unspecified atom stereocenters. The summed E-state index contributed by atoms with van der Waals surface area (Å²) < 4.78 is 40.4. The summed E-state index contributed by atoms with van der Waals surface area (Å²) in [7, 11) is 2.56. The number of esters is 2. The number of hydrogen-bond donors (Lipinski definition) is 0. The largest absolute Gasteiger partial charge is 0.497 e. The van der Waals surface area contributed by atoms with Gasteiger partial charge in [-0.3, -0.25) is 0 Å². The van der Waals surface area contributed by atoms with Crippen molar-refractivity contribution in [3.63, 3.8) is 0 Å². The molecule has 0 saturated carbocycles. The van der Waals surface area contributed by atoms with Gasteiger partial charge in [-0.1, -0.05) is 57.2 Å². The second-order valence-corrected chi connectivity index (χ2v) is 19.2. The average molecular weight is 751 g/mol. The van der Waals surface area contributed by atoms with Crippen molar-refractivity contribution in [2.45, 2.75) is 115 Å². The lowest BCUT2D eigenvalue weighted by Gasteiger charge is -2.39. The first-order valence-corrected chi connectivity index (χ1v) is 21.2. The lowest BCUT2D eigenvalue weighted by molar-refractivity contribution is -0.143. The second kappa shape index (κ2) is 23.6. The van der Waals surface area contributed by atoms with Gasteiger partial charge in [-0.15, -0.1) is 13.2 Å². The van der Waals surface area contributed by atoms with Gasteiger partial charge in [0.05, 0.1) is 46.8 Å². The maximum atomic E-state index is 13.2. The molecule has 9 nitrogen and oxygen atoms in total. The van der Waals surface area contributed by atoms with Crippen molar-refractivity contribution < 1.29 is 42.4 Å². The highest BCUT2D eigenvalue weighted by Gasteiger charge is 2.39. The van der Waals surface area contributed by atoms with E-state index in [4.69, 9.17) is 32.8 Å². The molecule has 0 spiro atoms. The van der Waals surface area contributed by atoms with Gasteiger partial charge in [-0.05, 0) is 97.8 Å². The van der Waals surface area contributed by atoms with Gasteiger partial charge in [0.25, 0.3) is 0 Å². The smallest absolute Gasteiger partial charge is 0.330 e. The van der Waals surface area contributed by atoms with Crippen LogP contribution in [0, 0.1) is 0 Å². The fraction of sp³-hybridized carbons (Fsp3) is 0.488. The Balaban J connectivity index is 2.14. The first kappa shape index (κ1) is 45.2. The summed E-state index contributed by atoms with van der Waals surface area (Å²) >= 11 is 0. The Bertz CT molecular complexity index is 1440. The van der Waals surface area contributed by atoms with E-state index in [1.807, 2.05) is 54.6 Å². The van der Waals surface area contributed by atoms with Crippen molar-refractivity contribution in [2.24, 2.45) is 0 Å². The SMILES string of the molecule is C=CC[C@H](CC[C@@H](/C=C/C(=O)OC)OCc1ccc(OC)cc1)OC(=O)/C=C/[C@H](CC[C@@H](CC=C)O[Si](C)(C)C(C)(C)C)OCc1ccc(OC)cc1. The number of methoxy groups -OCH3 is 3. The first-order chi connectivity index (χ1) is 25.2. The molecule has 0 aromatic heterocycles. The Morgan fingerprint density at radius 2 is 1.11 bits per heavy atom. The highest BCUT2D eigenvalue weighted by Crippen LogP contribution is 2.38. The van der Waals surface area contributed by atoms with Crippen molar-refractivity contribution in [2.75, 3.05) is 21.3 Å². The Labute approximate surface area is 319 Å². The molecule has 0 saturated heterocycles. The Hall–Kier alpha value is -3.96. The maximum absolute atomic E-state index is 13.2. The quantitative estimate of drug-likeness (QED) is 0.0425. The molecule has 0 aliphatic rings. The van der Waals surface area contributed by atoms with E-state index in [1.165, 1.54) is 19.3 Å². The lowest BCUT2D eigenvalue weighted by Crippen LogP contribution is -2.44. The molecular formula is C43H62O9Si. The van der Waals surface area contributed by atoms with Gasteiger partial charge in [0, 0.05) is 24.7 Å². The fourth-order valence-corrected chi connectivity index (χ4v) is 6.48. The molecule has 0 N–H and O–H groups in total. The number of carbonyl (C=O) groups excluding carboxylic acids is 2. The zero-order valence-corrected chi connectivity index (χ0v) is 34.1. The van der Waals surface area contributed by atoms with E-state index in [0.29, 0.717) is 38.9 Å². The van der Waals surface area contributed by atoms with Gasteiger partial charge in [0.1, 0.15) is 17.6 Å². The van der Waals surface area contributed by atoms with E-state index >= 15 is 0 Å². The molecule has 0 heterocycles. The van der Waals surface area contributed by atoms with E-state index in [2.05, 4.69) is 47.0 Å². The number of rotatable bonds is 25. The standard InChI is InChI=1S/C43H62O9Si/c1-11-13-39(25-23-37(27-29-41(44)48-8)49-31-33-15-19-35(46-6)20-16-33)51-42(45)30-28-38(50-32-34-17-21-36(47-7)22-18-34)24-26-40(14-12-2)52-53(9,10)43(3,4)5/h11-12,15-22,27-30,37-40H,1-2,13-14,23-26,31-32H2,3-10H3/b29-27+,30-28+/t37-,38-,39+,40+/m0/s1. The molecule has 0 radical (unpaired) electrons. The van der Waals surface area contributed by atoms with Crippen molar-refractivity contribution in [1.82, 2.24) is 0 Å². The number of benzene rings is 2. The van der Waals surface area contributed by atoms with Crippen LogP contribution in [0.25, 0.3) is 0 Å². The first-order valence-electron chi connectivity index (χ1n) is 18.3. The van der Waals surface area contributed by atoms with Crippen LogP contribution in [0.15, 0.2) is 98.1 Å². The molecular weight excluding hydrogens is 689 g/mol. The van der Waals surface area contributed by atoms with Gasteiger partial charge in [0.2, 0.25) is 0 Å². The predicted molar refractivity (Wildman–Crippen MR) is 213 cm³/mol. The molecule has 0 amide bonds. The minimum atomic E-state index is -2.02. The van der Waals surface area contributed by atoms with Crippen LogP contribution in [0.2, 0.25) is 18.1 Å². The zero-order valence-electron chi connectivity index (χ0n) is 33.1. The summed E-state index contributed by atoms with van der Waals surface area (Å²) in [5.74, 6) is 0.567. The molecule has 53 heavy (non-hydrogen) atoms. The molecule has 2 aromatic carbocycles. The van der Waals surface area contributed by atoms with Crippen LogP contribution in [0.1, 0.15) is 70.4 Å². The molecule has 2 aromatic rings. The van der Waals surface area contributed by atoms with Crippen LogP contribution in [0.5, 0.6) is 11.5 Å². The van der Waals surface area contributed by atoms with E-state index in [0.717, 1.165) is 35.5 Å². The van der Waals surface area contributed by atoms with Crippen LogP contribution in [0.3, 0.4) is 0 Å². The number of hydrogen-bond acceptors (Lipinski definition) is 9. The molecule has 2 rings (SSSR count). The van der Waals surface area contributed by atoms with Crippen LogP contribution in [-0.2, 0) is 46.2 Å². The van der Waals surface area contributed by atoms with E-state index in [-0.39, 0.29) is 17.2 Å². The molecule has 292 valence electrons. The maximum Gasteiger partial charge on any atom is 0.330 e. The van der Waals surface area contributed by atoms with Gasteiger partial charge in [-0.25, -0.2) is 9.59 Å². The third-order valence-corrected chi connectivity index (χ3v) is 13.8. The van der Waals surface area contributed by atoms with Gasteiger partial charge in [-0.2, -0.15) is 0 Å². The summed E-state index contributed by atoms with van der Waals surface area (Å²) in [4.78, 5) is 25.1. The average Bonchev–Trinajstić information content (AvgIpc) is 3.13. The van der Waals surface area contributed by atoms with Gasteiger partial charge in [0.15, 0.2) is 8.32 Å². The van der Waals surface area contributed by atoms with Crippen molar-refractivity contribution in [3.05, 3.63) is 109 Å². The Morgan fingerprint density at radius 1 is 0.679 bits per heavy atom. The Kier molecular flexibility index (Phi) is 20.2. The molecule has 10 heteroatoms. The summed E-state index contributed by atoms with van der Waals surface area (Å²) in [5.41, 5.74) is 1.94. The third kappa shape index (κ3) is 17.6. The molecule has 0 aliphatic carbocycles. The number of carbonyl (C=O) groups is 2. The normalized spacial score (nSPS) is 14.3. The molecule has 0 aliphatic heterocycles. The number of ether oxygens (including phenoxy) is 6. The highest BCUT2D eigenvalue weighted by molar-refractivity contribution is 6.74. The van der Waals surface area contributed by atoms with Crippen molar-refractivity contribution >= 4 is 20.3 Å². The minimum absolute atomic E-state index is 0.00841. The fourth-order valence-electron chi connectivity index (χ4n) is 5.08. The van der Waals surface area contributed by atoms with Crippen molar-refractivity contribution in [1.29, 1.82) is 0 Å². The topological polar surface area (TPSA) is 98.8 Å². The van der Waals surface area contributed by atoms with E-state index < -0.39 is 32.5 Å². The molecule has 0 fully saturated rings. The predicted octanol–water partition coefficient (Wildman–Crippen LogP) is 9.47. The third-order valence-electron chi connectivity index (χ3n) is 9.30. The van der Waals surface area contributed by atoms with Gasteiger partial charge >= 0.3 is 11.9 Å². The van der Waals surface area contributed by atoms with Crippen LogP contribution >= 0.6 is 0 Å². The van der Waals surface area contributed by atoms with Crippen LogP contribution in [-0.4, -0.2) is 66.0 Å². The summed E-state index contributed by atoms with van der Waals surface area (Å²) in [6.07, 6.45) is 12.1. The second-order valence-electron chi connectivity index (χ2n) is 14.4. The Morgan fingerprint density at radius 3 is 1.53 bits per heavy atom. The van der Waals surface area contributed by atoms with E-state index in [9.17, 15) is 9.59 Å².